The van der Waals surface area contributed by atoms with Gasteiger partial charge in [-0.3, -0.25) is 4.79 Å². The standard InChI is InChI=1S/C20H26N2O6S/c1-4-29(25,26)22-11-9-20(10-12-22)17(14(2)19(24)28-20)18(23)21-13-15-7-5-6-8-16(15)27-3/h5-8H,4,9-13H2,1-3H3,(H,21,23). The van der Waals surface area contributed by atoms with Crippen molar-refractivity contribution in [2.24, 2.45) is 0 Å². The molecule has 0 aromatic heterocycles. The number of hydrogen-bond donors (Lipinski definition) is 1. The van der Waals surface area contributed by atoms with Crippen molar-refractivity contribution in [2.45, 2.75) is 38.8 Å². The van der Waals surface area contributed by atoms with Crippen molar-refractivity contribution < 1.29 is 27.5 Å². The molecule has 1 saturated heterocycles. The van der Waals surface area contributed by atoms with Gasteiger partial charge < -0.3 is 14.8 Å². The molecule has 1 N–H and O–H groups in total. The average Bonchev–Trinajstić information content (AvgIpc) is 2.96. The molecule has 1 spiro atoms. The number of nitrogens with zero attached hydrogens (tertiary/aromatic N) is 1. The Kier molecular flexibility index (Phi) is 6.00. The number of carbonyl (C=O) groups is 2. The highest BCUT2D eigenvalue weighted by Gasteiger charge is 2.51. The SMILES string of the molecule is CCS(=O)(=O)N1CCC2(CC1)OC(=O)C(C)=C2C(=O)NCc1ccccc1OC. The van der Waals surface area contributed by atoms with Gasteiger partial charge in [0.05, 0.1) is 18.4 Å². The number of esters is 1. The van der Waals surface area contributed by atoms with E-state index in [9.17, 15) is 18.0 Å². The third-order valence-corrected chi connectivity index (χ3v) is 7.45. The van der Waals surface area contributed by atoms with Crippen LogP contribution in [0.25, 0.3) is 0 Å². The molecule has 9 heteroatoms. The first-order valence-corrected chi connectivity index (χ1v) is 11.2. The number of carbonyl (C=O) groups excluding carboxylic acids is 2. The summed E-state index contributed by atoms with van der Waals surface area (Å²) < 4.78 is 36.6. The van der Waals surface area contributed by atoms with E-state index in [4.69, 9.17) is 9.47 Å². The van der Waals surface area contributed by atoms with Crippen LogP contribution in [0, 0.1) is 0 Å². The summed E-state index contributed by atoms with van der Waals surface area (Å²) in [6.07, 6.45) is 0.513. The zero-order valence-electron chi connectivity index (χ0n) is 16.9. The second kappa shape index (κ2) is 8.16. The minimum Gasteiger partial charge on any atom is -0.496 e. The molecule has 0 saturated carbocycles. The molecule has 1 amide bonds. The van der Waals surface area contributed by atoms with Crippen molar-refractivity contribution in [3.63, 3.8) is 0 Å². The van der Waals surface area contributed by atoms with Gasteiger partial charge in [-0.2, -0.15) is 0 Å². The number of hydrogen-bond acceptors (Lipinski definition) is 6. The number of sulfonamides is 1. The van der Waals surface area contributed by atoms with Crippen molar-refractivity contribution in [1.29, 1.82) is 0 Å². The third kappa shape index (κ3) is 4.02. The van der Waals surface area contributed by atoms with Crippen molar-refractivity contribution in [3.05, 3.63) is 41.0 Å². The van der Waals surface area contributed by atoms with E-state index < -0.39 is 21.6 Å². The van der Waals surface area contributed by atoms with Crippen molar-refractivity contribution in [3.8, 4) is 5.75 Å². The Morgan fingerprint density at radius 2 is 1.93 bits per heavy atom. The molecule has 1 aromatic carbocycles. The third-order valence-electron chi connectivity index (χ3n) is 5.57. The molecular weight excluding hydrogens is 396 g/mol. The lowest BCUT2D eigenvalue weighted by molar-refractivity contribution is -0.150. The summed E-state index contributed by atoms with van der Waals surface area (Å²) in [4.78, 5) is 25.3. The molecule has 2 aliphatic heterocycles. The lowest BCUT2D eigenvalue weighted by atomic mass is 9.83. The molecule has 0 unspecified atom stereocenters. The Morgan fingerprint density at radius 1 is 1.28 bits per heavy atom. The molecule has 0 radical (unpaired) electrons. The van der Waals surface area contributed by atoms with Gasteiger partial charge in [0.2, 0.25) is 10.0 Å². The largest absolute Gasteiger partial charge is 0.496 e. The van der Waals surface area contributed by atoms with Crippen LogP contribution in [0.3, 0.4) is 0 Å². The number of piperidine rings is 1. The van der Waals surface area contributed by atoms with E-state index >= 15 is 0 Å². The quantitative estimate of drug-likeness (QED) is 0.695. The van der Waals surface area contributed by atoms with Crippen LogP contribution in [0.1, 0.15) is 32.3 Å². The Labute approximate surface area is 170 Å². The maximum atomic E-state index is 13.0. The average molecular weight is 423 g/mol. The van der Waals surface area contributed by atoms with Gasteiger partial charge in [-0.25, -0.2) is 17.5 Å². The summed E-state index contributed by atoms with van der Waals surface area (Å²) >= 11 is 0. The van der Waals surface area contributed by atoms with Crippen molar-refractivity contribution in [1.82, 2.24) is 9.62 Å². The highest BCUT2D eigenvalue weighted by molar-refractivity contribution is 7.89. The molecule has 1 fully saturated rings. The van der Waals surface area contributed by atoms with Crippen molar-refractivity contribution in [2.75, 3.05) is 26.0 Å². The van der Waals surface area contributed by atoms with Gasteiger partial charge >= 0.3 is 5.97 Å². The molecule has 158 valence electrons. The van der Waals surface area contributed by atoms with Crippen LogP contribution in [-0.2, 0) is 30.9 Å². The second-order valence-corrected chi connectivity index (χ2v) is 9.44. The highest BCUT2D eigenvalue weighted by Crippen LogP contribution is 2.41. The summed E-state index contributed by atoms with van der Waals surface area (Å²) in [6, 6.07) is 7.34. The topological polar surface area (TPSA) is 102 Å². The van der Waals surface area contributed by atoms with Gasteiger partial charge in [-0.15, -0.1) is 0 Å². The van der Waals surface area contributed by atoms with Crippen LogP contribution < -0.4 is 10.1 Å². The Hall–Kier alpha value is -2.39. The van der Waals surface area contributed by atoms with E-state index in [1.54, 1.807) is 27.0 Å². The zero-order valence-corrected chi connectivity index (χ0v) is 17.7. The number of para-hydroxylation sites is 1. The smallest absolute Gasteiger partial charge is 0.335 e. The zero-order chi connectivity index (χ0) is 21.2. The fourth-order valence-corrected chi connectivity index (χ4v) is 5.00. The van der Waals surface area contributed by atoms with Gasteiger partial charge in [0.25, 0.3) is 5.91 Å². The lowest BCUT2D eigenvalue weighted by Gasteiger charge is -2.38. The van der Waals surface area contributed by atoms with Gasteiger partial charge in [-0.1, -0.05) is 18.2 Å². The summed E-state index contributed by atoms with van der Waals surface area (Å²) in [7, 11) is -1.76. The first-order chi connectivity index (χ1) is 13.7. The van der Waals surface area contributed by atoms with Crippen LogP contribution in [-0.4, -0.2) is 56.2 Å². The van der Waals surface area contributed by atoms with E-state index in [0.717, 1.165) is 5.56 Å². The molecular formula is C20H26N2O6S. The van der Waals surface area contributed by atoms with Gasteiger partial charge in [-0.05, 0) is 19.9 Å². The molecule has 0 aliphatic carbocycles. The predicted octanol–water partition coefficient (Wildman–Crippen LogP) is 1.37. The van der Waals surface area contributed by atoms with Crippen LogP contribution in [0.5, 0.6) is 5.75 Å². The first kappa shape index (κ1) is 21.3. The summed E-state index contributed by atoms with van der Waals surface area (Å²) in [6.45, 7) is 3.82. The summed E-state index contributed by atoms with van der Waals surface area (Å²) in [5, 5.41) is 2.85. The fraction of sp³-hybridized carbons (Fsp3) is 0.500. The number of methoxy groups -OCH3 is 1. The number of ether oxygens (including phenoxy) is 2. The predicted molar refractivity (Wildman–Crippen MR) is 107 cm³/mol. The molecule has 0 atom stereocenters. The fourth-order valence-electron chi connectivity index (χ4n) is 3.90. The Bertz CT molecular complexity index is 945. The van der Waals surface area contributed by atoms with E-state index in [-0.39, 0.29) is 49.7 Å². The lowest BCUT2D eigenvalue weighted by Crippen LogP contribution is -2.50. The van der Waals surface area contributed by atoms with E-state index in [1.807, 2.05) is 18.2 Å². The van der Waals surface area contributed by atoms with Gasteiger partial charge in [0, 0.05) is 43.6 Å². The van der Waals surface area contributed by atoms with E-state index in [0.29, 0.717) is 11.3 Å². The molecule has 3 rings (SSSR count). The summed E-state index contributed by atoms with van der Waals surface area (Å²) in [5.41, 5.74) is 0.302. The molecule has 1 aromatic rings. The molecule has 29 heavy (non-hydrogen) atoms. The van der Waals surface area contributed by atoms with E-state index in [1.165, 1.54) is 4.31 Å². The number of nitrogens with one attached hydrogen (secondary N) is 1. The number of benzene rings is 1. The highest BCUT2D eigenvalue weighted by atomic mass is 32.2. The van der Waals surface area contributed by atoms with E-state index in [2.05, 4.69) is 5.32 Å². The molecule has 2 heterocycles. The van der Waals surface area contributed by atoms with Gasteiger partial charge in [0.1, 0.15) is 11.4 Å². The number of rotatable bonds is 6. The monoisotopic (exact) mass is 422 g/mol. The molecule has 0 bridgehead atoms. The first-order valence-electron chi connectivity index (χ1n) is 9.56. The Balaban J connectivity index is 1.77. The van der Waals surface area contributed by atoms with Crippen LogP contribution >= 0.6 is 0 Å². The summed E-state index contributed by atoms with van der Waals surface area (Å²) in [5.74, 6) is -0.240. The van der Waals surface area contributed by atoms with Crippen LogP contribution in [0.4, 0.5) is 0 Å². The normalized spacial score (nSPS) is 19.3. The van der Waals surface area contributed by atoms with Gasteiger partial charge in [0.15, 0.2) is 0 Å². The van der Waals surface area contributed by atoms with Crippen LogP contribution in [0.2, 0.25) is 0 Å². The van der Waals surface area contributed by atoms with Crippen molar-refractivity contribution >= 4 is 21.9 Å². The number of amides is 1. The second-order valence-electron chi connectivity index (χ2n) is 7.18. The van der Waals surface area contributed by atoms with Crippen LogP contribution in [0.15, 0.2) is 35.4 Å². The molecule has 2 aliphatic rings. The minimum absolute atomic E-state index is 0.0148. The Morgan fingerprint density at radius 3 is 2.55 bits per heavy atom. The maximum absolute atomic E-state index is 13.0. The maximum Gasteiger partial charge on any atom is 0.335 e. The minimum atomic E-state index is -3.32. The molecule has 8 nitrogen and oxygen atoms in total.